The van der Waals surface area contributed by atoms with E-state index < -0.39 is 0 Å². The largest absolute Gasteiger partial charge is 0.374 e. The minimum absolute atomic E-state index is 0. The van der Waals surface area contributed by atoms with Gasteiger partial charge in [-0.25, -0.2) is 0 Å². The Morgan fingerprint density at radius 2 is 2.00 bits per heavy atom. The van der Waals surface area contributed by atoms with Crippen LogP contribution in [0, 0.1) is 0 Å². The fourth-order valence-electron chi connectivity index (χ4n) is 2.59. The molecule has 0 bridgehead atoms. The molecular weight excluding hydrogens is 421 g/mol. The standard InChI is InChI=1S/C16H33N5O2.HI/c1-6-17-16(18-11-14-12-19(4)9-10-23-14)20(5)13-15(22)21(7-2)8-3;/h14H,6-13H2,1-5H3,(H,17,18);1H. The van der Waals surface area contributed by atoms with Crippen molar-refractivity contribution in [1.82, 2.24) is 20.0 Å². The van der Waals surface area contributed by atoms with Crippen molar-refractivity contribution in [2.24, 2.45) is 4.99 Å². The minimum Gasteiger partial charge on any atom is -0.374 e. The summed E-state index contributed by atoms with van der Waals surface area (Å²) >= 11 is 0. The lowest BCUT2D eigenvalue weighted by atomic mass is 10.3. The third-order valence-electron chi connectivity index (χ3n) is 3.97. The number of carbonyl (C=O) groups is 1. The first-order valence-electron chi connectivity index (χ1n) is 8.59. The Morgan fingerprint density at radius 1 is 1.33 bits per heavy atom. The van der Waals surface area contributed by atoms with Crippen molar-refractivity contribution in [3.63, 3.8) is 0 Å². The number of nitrogens with one attached hydrogen (secondary N) is 1. The molecule has 1 unspecified atom stereocenters. The second kappa shape index (κ2) is 12.7. The molecule has 0 aromatic rings. The van der Waals surface area contributed by atoms with Gasteiger partial charge in [0.25, 0.3) is 0 Å². The highest BCUT2D eigenvalue weighted by Gasteiger charge is 2.19. The van der Waals surface area contributed by atoms with Gasteiger partial charge in [-0.2, -0.15) is 0 Å². The van der Waals surface area contributed by atoms with E-state index in [1.807, 2.05) is 37.6 Å². The van der Waals surface area contributed by atoms with E-state index in [4.69, 9.17) is 4.74 Å². The van der Waals surface area contributed by atoms with Crippen molar-refractivity contribution < 1.29 is 9.53 Å². The summed E-state index contributed by atoms with van der Waals surface area (Å²) in [6.07, 6.45) is 0.120. The number of carbonyl (C=O) groups excluding carboxylic acids is 1. The van der Waals surface area contributed by atoms with Crippen LogP contribution < -0.4 is 5.32 Å². The molecule has 1 atom stereocenters. The molecule has 0 aliphatic carbocycles. The monoisotopic (exact) mass is 455 g/mol. The lowest BCUT2D eigenvalue weighted by Gasteiger charge is -2.30. The molecule has 1 heterocycles. The van der Waals surface area contributed by atoms with Crippen LogP contribution in [0.1, 0.15) is 20.8 Å². The van der Waals surface area contributed by atoms with Crippen molar-refractivity contribution in [3.8, 4) is 0 Å². The number of amides is 1. The average molecular weight is 455 g/mol. The fraction of sp³-hybridized carbons (Fsp3) is 0.875. The number of nitrogens with zero attached hydrogens (tertiary/aromatic N) is 4. The van der Waals surface area contributed by atoms with Crippen molar-refractivity contribution in [3.05, 3.63) is 0 Å². The van der Waals surface area contributed by atoms with Crippen LogP contribution in [0.3, 0.4) is 0 Å². The van der Waals surface area contributed by atoms with Gasteiger partial charge in [0.15, 0.2) is 5.96 Å². The average Bonchev–Trinajstić information content (AvgIpc) is 2.52. The Bertz CT molecular complexity index is 391. The van der Waals surface area contributed by atoms with Gasteiger partial charge in [0, 0.05) is 39.8 Å². The third-order valence-corrected chi connectivity index (χ3v) is 3.97. The molecule has 1 saturated heterocycles. The molecule has 142 valence electrons. The molecular formula is C16H34IN5O2. The number of morpholine rings is 1. The van der Waals surface area contributed by atoms with E-state index >= 15 is 0 Å². The highest BCUT2D eigenvalue weighted by molar-refractivity contribution is 14.0. The topological polar surface area (TPSA) is 60.4 Å². The molecule has 24 heavy (non-hydrogen) atoms. The zero-order chi connectivity index (χ0) is 17.2. The van der Waals surface area contributed by atoms with Crippen molar-refractivity contribution in [2.45, 2.75) is 26.9 Å². The first kappa shape index (κ1) is 23.4. The van der Waals surface area contributed by atoms with Crippen molar-refractivity contribution >= 4 is 35.8 Å². The van der Waals surface area contributed by atoms with Gasteiger partial charge in [0.1, 0.15) is 0 Å². The van der Waals surface area contributed by atoms with Crippen LogP contribution >= 0.6 is 24.0 Å². The van der Waals surface area contributed by atoms with Crippen LogP contribution in [-0.4, -0.2) is 99.2 Å². The number of aliphatic imine (C=N–C) groups is 1. The van der Waals surface area contributed by atoms with Crippen LogP contribution in [0.25, 0.3) is 0 Å². The number of ether oxygens (including phenoxy) is 1. The van der Waals surface area contributed by atoms with Gasteiger partial charge in [0.05, 0.1) is 25.8 Å². The molecule has 0 spiro atoms. The fourth-order valence-corrected chi connectivity index (χ4v) is 2.59. The van der Waals surface area contributed by atoms with Crippen LogP contribution in [0.15, 0.2) is 4.99 Å². The first-order chi connectivity index (χ1) is 11.0. The van der Waals surface area contributed by atoms with E-state index in [1.165, 1.54) is 0 Å². The van der Waals surface area contributed by atoms with Crippen LogP contribution in [0.5, 0.6) is 0 Å². The molecule has 1 aliphatic rings. The lowest BCUT2D eigenvalue weighted by molar-refractivity contribution is -0.131. The van der Waals surface area contributed by atoms with Gasteiger partial charge in [-0.3, -0.25) is 9.79 Å². The number of guanidine groups is 1. The predicted octanol–water partition coefficient (Wildman–Crippen LogP) is 0.701. The highest BCUT2D eigenvalue weighted by atomic mass is 127. The molecule has 0 aromatic carbocycles. The Hall–Kier alpha value is -0.610. The number of hydrogen-bond acceptors (Lipinski definition) is 4. The molecule has 0 saturated carbocycles. The van der Waals surface area contributed by atoms with Crippen LogP contribution in [0.2, 0.25) is 0 Å². The summed E-state index contributed by atoms with van der Waals surface area (Å²) in [5, 5.41) is 3.25. The van der Waals surface area contributed by atoms with Gasteiger partial charge in [-0.1, -0.05) is 0 Å². The molecule has 8 heteroatoms. The Morgan fingerprint density at radius 3 is 2.54 bits per heavy atom. The van der Waals surface area contributed by atoms with Crippen molar-refractivity contribution in [1.29, 1.82) is 0 Å². The van der Waals surface area contributed by atoms with Gasteiger partial charge in [0.2, 0.25) is 5.91 Å². The molecule has 0 radical (unpaired) electrons. The number of likely N-dealkylation sites (N-methyl/N-ethyl adjacent to an activating group) is 3. The molecule has 1 rings (SSSR count). The normalized spacial score (nSPS) is 18.7. The Labute approximate surface area is 163 Å². The number of hydrogen-bond donors (Lipinski definition) is 1. The lowest BCUT2D eigenvalue weighted by Crippen LogP contribution is -2.46. The minimum atomic E-state index is 0. The molecule has 1 N–H and O–H groups in total. The van der Waals surface area contributed by atoms with E-state index in [1.54, 1.807) is 0 Å². The third kappa shape index (κ3) is 7.98. The molecule has 1 fully saturated rings. The van der Waals surface area contributed by atoms with E-state index in [9.17, 15) is 4.79 Å². The van der Waals surface area contributed by atoms with Crippen LogP contribution in [0.4, 0.5) is 0 Å². The SMILES string of the molecule is CCNC(=NCC1CN(C)CCO1)N(C)CC(=O)N(CC)CC.I. The second-order valence-electron chi connectivity index (χ2n) is 5.87. The zero-order valence-corrected chi connectivity index (χ0v) is 18.1. The van der Waals surface area contributed by atoms with E-state index in [0.717, 1.165) is 45.3 Å². The molecule has 1 amide bonds. The zero-order valence-electron chi connectivity index (χ0n) is 15.7. The van der Waals surface area contributed by atoms with Gasteiger partial charge in [-0.15, -0.1) is 24.0 Å². The van der Waals surface area contributed by atoms with Gasteiger partial charge < -0.3 is 24.8 Å². The summed E-state index contributed by atoms with van der Waals surface area (Å²) in [5.41, 5.74) is 0. The molecule has 1 aliphatic heterocycles. The maximum atomic E-state index is 12.2. The summed E-state index contributed by atoms with van der Waals surface area (Å²) < 4.78 is 5.74. The predicted molar refractivity (Wildman–Crippen MR) is 109 cm³/mol. The smallest absolute Gasteiger partial charge is 0.242 e. The van der Waals surface area contributed by atoms with Gasteiger partial charge >= 0.3 is 0 Å². The highest BCUT2D eigenvalue weighted by Crippen LogP contribution is 2.03. The summed E-state index contributed by atoms with van der Waals surface area (Å²) in [6, 6.07) is 0. The summed E-state index contributed by atoms with van der Waals surface area (Å²) in [6.45, 7) is 11.8. The molecule has 7 nitrogen and oxygen atoms in total. The maximum Gasteiger partial charge on any atom is 0.242 e. The number of halogens is 1. The van der Waals surface area contributed by atoms with E-state index in [-0.39, 0.29) is 36.0 Å². The van der Waals surface area contributed by atoms with Crippen LogP contribution in [-0.2, 0) is 9.53 Å². The summed E-state index contributed by atoms with van der Waals surface area (Å²) in [7, 11) is 4.00. The van der Waals surface area contributed by atoms with E-state index in [2.05, 4.69) is 22.3 Å². The van der Waals surface area contributed by atoms with Crippen molar-refractivity contribution in [2.75, 3.05) is 66.5 Å². The van der Waals surface area contributed by atoms with Gasteiger partial charge in [-0.05, 0) is 27.8 Å². The Balaban J connectivity index is 0.00000529. The number of rotatable bonds is 7. The maximum absolute atomic E-state index is 12.2. The quantitative estimate of drug-likeness (QED) is 0.348. The summed E-state index contributed by atoms with van der Waals surface area (Å²) in [5.74, 6) is 0.876. The van der Waals surface area contributed by atoms with E-state index in [0.29, 0.717) is 13.1 Å². The second-order valence-corrected chi connectivity index (χ2v) is 5.87. The first-order valence-corrected chi connectivity index (χ1v) is 8.59. The molecule has 0 aromatic heterocycles. The Kier molecular flexibility index (Phi) is 12.4. The summed E-state index contributed by atoms with van der Waals surface area (Å²) in [4.78, 5) is 22.9.